The molecule has 3 fully saturated rings. The van der Waals surface area contributed by atoms with E-state index in [1.54, 1.807) is 11.9 Å². The normalized spacial score (nSPS) is 22.9. The molecule has 2 aromatic carbocycles. The average molecular weight is 1120 g/mol. The molecule has 2 aromatic rings. The first-order valence-electron chi connectivity index (χ1n) is 29.1. The number of hydrogen-bond acceptors (Lipinski definition) is 12. The van der Waals surface area contributed by atoms with Gasteiger partial charge in [0.05, 0.1) is 18.7 Å². The van der Waals surface area contributed by atoms with Crippen LogP contribution in [0.1, 0.15) is 124 Å². The molecule has 0 aromatic heterocycles. The fourth-order valence-electron chi connectivity index (χ4n) is 10.2. The Kier molecular flexibility index (Phi) is 25.6. The number of hydrogen-bond donors (Lipinski definition) is 5. The third kappa shape index (κ3) is 20.2. The Hall–Kier alpha value is -5.57. The summed E-state index contributed by atoms with van der Waals surface area (Å²) in [6, 6.07) is 13.1. The predicted molar refractivity (Wildman–Crippen MR) is 308 cm³/mol. The van der Waals surface area contributed by atoms with Crippen molar-refractivity contribution in [2.24, 2.45) is 11.8 Å². The van der Waals surface area contributed by atoms with Crippen molar-refractivity contribution < 1.29 is 47.5 Å². The van der Waals surface area contributed by atoms with Gasteiger partial charge in [0, 0.05) is 52.9 Å². The summed E-state index contributed by atoms with van der Waals surface area (Å²) in [5, 5.41) is 14.5. The maximum atomic E-state index is 15.3. The molecular formula is C59H95N9O10Si. The van der Waals surface area contributed by atoms with Crippen LogP contribution in [-0.4, -0.2) is 172 Å². The Morgan fingerprint density at radius 2 is 1.38 bits per heavy atom. The zero-order chi connectivity index (χ0) is 57.7. The van der Waals surface area contributed by atoms with Crippen molar-refractivity contribution in [3.05, 3.63) is 71.8 Å². The Morgan fingerprint density at radius 3 is 1.97 bits per heavy atom. The van der Waals surface area contributed by atoms with Gasteiger partial charge in [-0.2, -0.15) is 0 Å². The summed E-state index contributed by atoms with van der Waals surface area (Å²) in [6.45, 7) is 20.7. The molecule has 2 aliphatic heterocycles. The summed E-state index contributed by atoms with van der Waals surface area (Å²) < 4.78 is 18.4. The highest BCUT2D eigenvalue weighted by atomic mass is 28.4. The number of piperazine rings is 1. The summed E-state index contributed by atoms with van der Waals surface area (Å²) in [5.41, 5.74) is 1.62. The van der Waals surface area contributed by atoms with Gasteiger partial charge in [0.15, 0.2) is 8.32 Å². The molecule has 79 heavy (non-hydrogen) atoms. The number of nitrogens with one attached hydrogen (secondary N) is 5. The Bertz CT molecular complexity index is 2260. The highest BCUT2D eigenvalue weighted by molar-refractivity contribution is 6.74. The molecule has 3 aliphatic rings. The smallest absolute Gasteiger partial charge is 0.410 e. The van der Waals surface area contributed by atoms with E-state index >= 15 is 14.4 Å². The van der Waals surface area contributed by atoms with Crippen LogP contribution in [0.2, 0.25) is 18.1 Å². The van der Waals surface area contributed by atoms with Crippen LogP contribution in [0.5, 0.6) is 0 Å². The number of ether oxygens (including phenoxy) is 2. The summed E-state index contributed by atoms with van der Waals surface area (Å²) in [7, 11) is -1.11. The number of alkyl carbamates (subject to hydrolysis) is 1. The molecule has 2 saturated heterocycles. The highest BCUT2D eigenvalue weighted by Crippen LogP contribution is 2.38. The van der Waals surface area contributed by atoms with E-state index in [0.717, 1.165) is 56.1 Å². The van der Waals surface area contributed by atoms with Crippen LogP contribution in [0.3, 0.4) is 0 Å². The Morgan fingerprint density at radius 1 is 0.759 bits per heavy atom. The third-order valence-electron chi connectivity index (χ3n) is 16.2. The molecular weight excluding hydrogens is 1020 g/mol. The van der Waals surface area contributed by atoms with Gasteiger partial charge in [-0.05, 0) is 80.2 Å². The van der Waals surface area contributed by atoms with Crippen molar-refractivity contribution in [2.75, 3.05) is 66.0 Å². The maximum Gasteiger partial charge on any atom is 0.410 e. The van der Waals surface area contributed by atoms with Gasteiger partial charge in [-0.15, -0.1) is 0 Å². The largest absolute Gasteiger partial charge is 0.445 e. The van der Waals surface area contributed by atoms with Crippen LogP contribution in [0.15, 0.2) is 60.7 Å². The first-order chi connectivity index (χ1) is 37.6. The Balaban J connectivity index is 1.55. The van der Waals surface area contributed by atoms with Gasteiger partial charge < -0.3 is 50.3 Å². The van der Waals surface area contributed by atoms with Crippen molar-refractivity contribution in [3.8, 4) is 0 Å². The van der Waals surface area contributed by atoms with Gasteiger partial charge in [0.25, 0.3) is 0 Å². The van der Waals surface area contributed by atoms with Crippen molar-refractivity contribution in [3.63, 3.8) is 0 Å². The standard InChI is InChI=1S/C59H95N9O10Si/c1-11-12-13-23-31-67-32-30-60-54(71)51(49(78-79(9,10)59(5,6)7)39-66-33-35-68(36-34-66)58(75)77-41-45-26-19-15-20-27-45)64-52(69)47(38-61-57(74)76-40-44-24-17-14-18-25-44)62-55(72)50(46-28-21-16-22-29-46)63-53(70)48(37-42(2)3)65(8)56(73)43(67)4/h14-15,17-20,24-27,42-43,46-51H,11-13,16,21-23,28-41H2,1-10H3,(H,60,71)(H,61,74)(H,62,72)(H,63,70)(H,64,69)/t43-,47-,48-,49?,50-,51-/m0/s1. The van der Waals surface area contributed by atoms with E-state index in [0.29, 0.717) is 52.0 Å². The van der Waals surface area contributed by atoms with Gasteiger partial charge >= 0.3 is 12.2 Å². The van der Waals surface area contributed by atoms with Gasteiger partial charge in [-0.25, -0.2) is 9.59 Å². The van der Waals surface area contributed by atoms with Crippen LogP contribution >= 0.6 is 0 Å². The quantitative estimate of drug-likeness (QED) is 0.0746. The summed E-state index contributed by atoms with van der Waals surface area (Å²) >= 11 is 0. The van der Waals surface area contributed by atoms with E-state index < -0.39 is 87.0 Å². The highest BCUT2D eigenvalue weighted by Gasteiger charge is 2.45. The molecule has 5 N–H and O–H groups in total. The van der Waals surface area contributed by atoms with E-state index in [-0.39, 0.29) is 55.6 Å². The minimum atomic E-state index is -2.75. The van der Waals surface area contributed by atoms with Crippen molar-refractivity contribution >= 4 is 50.0 Å². The maximum absolute atomic E-state index is 15.3. The SMILES string of the molecule is CCCCCCN1CCNC(=O)[C@H](C(CN2CCN(C(=O)OCc3ccccc3)CC2)O[Si](C)(C)C(C)(C)C)NC(=O)[C@H](CNC(=O)OCc2ccccc2)NC(=O)[C@H](C2CCCCC2)NC(=O)[C@H](CC(C)C)N(C)C(=O)[C@@H]1C. The molecule has 1 aliphatic carbocycles. The van der Waals surface area contributed by atoms with E-state index in [9.17, 15) is 19.2 Å². The lowest BCUT2D eigenvalue weighted by Crippen LogP contribution is -2.65. The molecule has 19 nitrogen and oxygen atoms in total. The van der Waals surface area contributed by atoms with E-state index in [2.05, 4.69) is 72.3 Å². The number of unbranched alkanes of at least 4 members (excludes halogenated alkanes) is 3. The minimum absolute atomic E-state index is 0.0123. The molecule has 0 radical (unpaired) electrons. The molecule has 6 atom stereocenters. The van der Waals surface area contributed by atoms with Crippen molar-refractivity contribution in [1.29, 1.82) is 0 Å². The van der Waals surface area contributed by atoms with Gasteiger partial charge in [0.1, 0.15) is 37.4 Å². The number of carbonyl (C=O) groups excluding carboxylic acids is 7. The summed E-state index contributed by atoms with van der Waals surface area (Å²) in [6.07, 6.45) is 5.86. The zero-order valence-corrected chi connectivity index (χ0v) is 50.1. The Labute approximate surface area is 471 Å². The second-order valence-corrected chi connectivity index (χ2v) is 28.5. The van der Waals surface area contributed by atoms with Crippen LogP contribution in [0.25, 0.3) is 0 Å². The lowest BCUT2D eigenvalue weighted by molar-refractivity contribution is -0.144. The molecule has 0 spiro atoms. The lowest BCUT2D eigenvalue weighted by Gasteiger charge is -2.44. The van der Waals surface area contributed by atoms with Crippen LogP contribution in [0.4, 0.5) is 9.59 Å². The first kappa shape index (κ1) is 64.2. The van der Waals surface area contributed by atoms with E-state index in [1.165, 1.54) is 4.90 Å². The molecule has 20 heteroatoms. The van der Waals surface area contributed by atoms with Crippen LogP contribution in [-0.2, 0) is 51.1 Å². The molecule has 440 valence electrons. The lowest BCUT2D eigenvalue weighted by atomic mass is 9.83. The predicted octanol–water partition coefficient (Wildman–Crippen LogP) is 6.57. The molecule has 0 bridgehead atoms. The van der Waals surface area contributed by atoms with Crippen LogP contribution < -0.4 is 26.6 Å². The second-order valence-electron chi connectivity index (χ2n) is 23.8. The number of benzene rings is 2. The number of carbonyl (C=O) groups is 7. The monoisotopic (exact) mass is 1120 g/mol. The number of likely N-dealkylation sites (N-methyl/N-ethyl adjacent to an activating group) is 1. The number of amides is 7. The molecule has 5 rings (SSSR count). The summed E-state index contributed by atoms with van der Waals surface area (Å²) in [4.78, 5) is 109. The minimum Gasteiger partial charge on any atom is -0.445 e. The first-order valence-corrected chi connectivity index (χ1v) is 32.0. The third-order valence-corrected chi connectivity index (χ3v) is 20.7. The van der Waals surface area contributed by atoms with E-state index in [1.807, 2.05) is 86.3 Å². The molecule has 1 saturated carbocycles. The van der Waals surface area contributed by atoms with E-state index in [4.69, 9.17) is 13.9 Å². The zero-order valence-electron chi connectivity index (χ0n) is 49.1. The fraction of sp³-hybridized carbons (Fsp3) is 0.678. The number of rotatable bonds is 19. The van der Waals surface area contributed by atoms with Gasteiger partial charge in [0.2, 0.25) is 29.5 Å². The average Bonchev–Trinajstić information content (AvgIpc) is 3.48. The second kappa shape index (κ2) is 31.4. The molecule has 2 heterocycles. The van der Waals surface area contributed by atoms with Gasteiger partial charge in [-0.1, -0.05) is 141 Å². The van der Waals surface area contributed by atoms with Crippen molar-refractivity contribution in [1.82, 2.24) is 46.2 Å². The summed E-state index contributed by atoms with van der Waals surface area (Å²) in [5.74, 6) is -2.95. The number of nitrogens with zero attached hydrogens (tertiary/aromatic N) is 4. The molecule has 7 amide bonds. The topological polar surface area (TPSA) is 220 Å². The fourth-order valence-corrected chi connectivity index (χ4v) is 11.6. The van der Waals surface area contributed by atoms with Gasteiger partial charge in [-0.3, -0.25) is 33.8 Å². The van der Waals surface area contributed by atoms with Crippen molar-refractivity contribution in [2.45, 2.75) is 180 Å². The molecule has 1 unspecified atom stereocenters. The van der Waals surface area contributed by atoms with Crippen LogP contribution in [0, 0.1) is 11.8 Å².